The highest BCUT2D eigenvalue weighted by molar-refractivity contribution is 14.1. The summed E-state index contributed by atoms with van der Waals surface area (Å²) >= 11 is 1.88. The molecule has 0 bridgehead atoms. The van der Waals surface area contributed by atoms with Crippen molar-refractivity contribution < 1.29 is 14.8 Å². The van der Waals surface area contributed by atoms with Crippen molar-refractivity contribution in [2.24, 2.45) is 5.73 Å². The van der Waals surface area contributed by atoms with E-state index in [1.165, 1.54) is 18.2 Å². The number of aliphatic carboxylic acids is 1. The lowest BCUT2D eigenvalue weighted by Crippen LogP contribution is -2.21. The van der Waals surface area contributed by atoms with Crippen LogP contribution in [0, 0.1) is 13.7 Å². The van der Waals surface area contributed by atoms with E-state index in [0.717, 1.165) is 0 Å². The molecule has 0 amide bonds. The van der Waals surface area contributed by atoms with Crippen LogP contribution in [0.4, 0.5) is 5.69 Å². The Kier molecular flexibility index (Phi) is 3.58. The number of hydrogen-bond donors (Lipinski definition) is 2. The van der Waals surface area contributed by atoms with Crippen LogP contribution in [-0.2, 0) is 4.79 Å². The summed E-state index contributed by atoms with van der Waals surface area (Å²) in [5.74, 6) is -1.21. The fourth-order valence-corrected chi connectivity index (χ4v) is 1.69. The Labute approximate surface area is 98.4 Å². The molecule has 0 aliphatic heterocycles. The van der Waals surface area contributed by atoms with Gasteiger partial charge < -0.3 is 10.8 Å². The van der Waals surface area contributed by atoms with Crippen molar-refractivity contribution in [3.8, 4) is 0 Å². The molecule has 80 valence electrons. The van der Waals surface area contributed by atoms with E-state index < -0.39 is 16.9 Å². The van der Waals surface area contributed by atoms with Crippen LogP contribution < -0.4 is 5.73 Å². The average molecular weight is 322 g/mol. The number of benzene rings is 1. The van der Waals surface area contributed by atoms with Crippen molar-refractivity contribution in [1.82, 2.24) is 0 Å². The van der Waals surface area contributed by atoms with Gasteiger partial charge in [-0.05, 0) is 28.7 Å². The van der Waals surface area contributed by atoms with Gasteiger partial charge in [0.25, 0.3) is 5.69 Å². The molecule has 0 saturated carbocycles. The second-order valence-corrected chi connectivity index (χ2v) is 3.94. The van der Waals surface area contributed by atoms with Crippen LogP contribution in [-0.4, -0.2) is 16.0 Å². The summed E-state index contributed by atoms with van der Waals surface area (Å²) < 4.78 is 0.591. The second kappa shape index (κ2) is 4.53. The lowest BCUT2D eigenvalue weighted by molar-refractivity contribution is -0.384. The molecule has 3 N–H and O–H groups in total. The number of non-ortho nitro benzene ring substituents is 1. The Bertz CT molecular complexity index is 421. The number of carbonyl (C=O) groups is 1. The van der Waals surface area contributed by atoms with E-state index in [4.69, 9.17) is 10.8 Å². The third kappa shape index (κ3) is 2.63. The summed E-state index contributed by atoms with van der Waals surface area (Å²) in [5, 5.41) is 19.2. The first-order valence-corrected chi connectivity index (χ1v) is 4.93. The molecule has 7 heteroatoms. The standard InChI is InChI=1S/C8H7IN2O4/c9-6-2-1-4(11(14)15)3-5(6)7(10)8(12)13/h1-3,7H,10H2,(H,12,13)/t7-/m0/s1. The van der Waals surface area contributed by atoms with Gasteiger partial charge in [-0.15, -0.1) is 0 Å². The van der Waals surface area contributed by atoms with Crippen molar-refractivity contribution in [3.63, 3.8) is 0 Å². The van der Waals surface area contributed by atoms with E-state index in [1.54, 1.807) is 0 Å². The number of hydrogen-bond acceptors (Lipinski definition) is 4. The molecule has 1 atom stereocenters. The number of rotatable bonds is 3. The first kappa shape index (κ1) is 11.9. The van der Waals surface area contributed by atoms with Gasteiger partial charge in [0.05, 0.1) is 4.92 Å². The quantitative estimate of drug-likeness (QED) is 0.495. The van der Waals surface area contributed by atoms with Crippen LogP contribution in [0.25, 0.3) is 0 Å². The second-order valence-electron chi connectivity index (χ2n) is 2.78. The molecule has 1 rings (SSSR count). The van der Waals surface area contributed by atoms with E-state index >= 15 is 0 Å². The third-order valence-corrected chi connectivity index (χ3v) is 2.77. The van der Waals surface area contributed by atoms with E-state index in [2.05, 4.69) is 0 Å². The molecule has 1 aromatic rings. The normalized spacial score (nSPS) is 12.1. The minimum atomic E-state index is -1.24. The maximum absolute atomic E-state index is 10.6. The van der Waals surface area contributed by atoms with E-state index in [9.17, 15) is 14.9 Å². The van der Waals surface area contributed by atoms with Gasteiger partial charge in [-0.25, -0.2) is 0 Å². The molecule has 0 spiro atoms. The lowest BCUT2D eigenvalue weighted by Gasteiger charge is -2.08. The van der Waals surface area contributed by atoms with Crippen LogP contribution in [0.2, 0.25) is 0 Å². The Morgan fingerprint density at radius 3 is 2.67 bits per heavy atom. The number of nitro groups is 1. The van der Waals surface area contributed by atoms with Gasteiger partial charge in [0.15, 0.2) is 0 Å². The number of nitrogens with two attached hydrogens (primary N) is 1. The van der Waals surface area contributed by atoms with Crippen molar-refractivity contribution >= 4 is 34.2 Å². The fraction of sp³-hybridized carbons (Fsp3) is 0.125. The summed E-state index contributed by atoms with van der Waals surface area (Å²) in [4.78, 5) is 20.5. The SMILES string of the molecule is N[C@H](C(=O)O)c1cc([N+](=O)[O-])ccc1I. The number of nitrogens with zero attached hydrogens (tertiary/aromatic N) is 1. The number of carboxylic acid groups (broad SMARTS) is 1. The van der Waals surface area contributed by atoms with Crippen LogP contribution in [0.3, 0.4) is 0 Å². The summed E-state index contributed by atoms with van der Waals surface area (Å²) in [6, 6.07) is 2.72. The van der Waals surface area contributed by atoms with Crippen molar-refractivity contribution in [2.75, 3.05) is 0 Å². The Morgan fingerprint density at radius 2 is 2.20 bits per heavy atom. The third-order valence-electron chi connectivity index (χ3n) is 1.79. The Balaban J connectivity index is 3.22. The zero-order valence-electron chi connectivity index (χ0n) is 7.38. The predicted molar refractivity (Wildman–Crippen MR) is 60.4 cm³/mol. The molecule has 0 aliphatic carbocycles. The summed E-state index contributed by atoms with van der Waals surface area (Å²) in [6.07, 6.45) is 0. The van der Waals surface area contributed by atoms with Crippen LogP contribution in [0.1, 0.15) is 11.6 Å². The van der Waals surface area contributed by atoms with E-state index in [1.807, 2.05) is 22.6 Å². The zero-order chi connectivity index (χ0) is 11.6. The van der Waals surface area contributed by atoms with Gasteiger partial charge in [-0.3, -0.25) is 14.9 Å². The molecule has 0 aliphatic rings. The molecule has 6 nitrogen and oxygen atoms in total. The van der Waals surface area contributed by atoms with Crippen molar-refractivity contribution in [1.29, 1.82) is 0 Å². The summed E-state index contributed by atoms with van der Waals surface area (Å²) in [6.45, 7) is 0. The van der Waals surface area contributed by atoms with E-state index in [0.29, 0.717) is 3.57 Å². The Hall–Kier alpha value is -1.22. The van der Waals surface area contributed by atoms with Gasteiger partial charge in [0, 0.05) is 21.3 Å². The zero-order valence-corrected chi connectivity index (χ0v) is 9.54. The molecule has 1 aromatic carbocycles. The molecule has 0 unspecified atom stereocenters. The lowest BCUT2D eigenvalue weighted by atomic mass is 10.1. The fourth-order valence-electron chi connectivity index (χ4n) is 1.02. The minimum absolute atomic E-state index is 0.165. The molecule has 0 saturated heterocycles. The summed E-state index contributed by atoms with van der Waals surface area (Å²) in [7, 11) is 0. The molecule has 0 fully saturated rings. The highest BCUT2D eigenvalue weighted by atomic mass is 127. The largest absolute Gasteiger partial charge is 0.480 e. The first-order chi connectivity index (χ1) is 6.93. The van der Waals surface area contributed by atoms with Crippen molar-refractivity contribution in [3.05, 3.63) is 37.4 Å². The smallest absolute Gasteiger partial charge is 0.325 e. The van der Waals surface area contributed by atoms with Gasteiger partial charge in [0.2, 0.25) is 0 Å². The molecule has 15 heavy (non-hydrogen) atoms. The number of nitro benzene ring substituents is 1. The highest BCUT2D eigenvalue weighted by Gasteiger charge is 2.20. The Morgan fingerprint density at radius 1 is 1.60 bits per heavy atom. The van der Waals surface area contributed by atoms with Gasteiger partial charge in [-0.2, -0.15) is 0 Å². The maximum Gasteiger partial charge on any atom is 0.325 e. The van der Waals surface area contributed by atoms with Gasteiger partial charge in [-0.1, -0.05) is 0 Å². The number of carboxylic acids is 1. The minimum Gasteiger partial charge on any atom is -0.480 e. The van der Waals surface area contributed by atoms with Crippen LogP contribution >= 0.6 is 22.6 Å². The highest BCUT2D eigenvalue weighted by Crippen LogP contribution is 2.23. The van der Waals surface area contributed by atoms with Gasteiger partial charge in [0.1, 0.15) is 6.04 Å². The molecule has 0 heterocycles. The van der Waals surface area contributed by atoms with Crippen LogP contribution in [0.15, 0.2) is 18.2 Å². The average Bonchev–Trinajstić information content (AvgIpc) is 2.16. The maximum atomic E-state index is 10.6. The monoisotopic (exact) mass is 322 g/mol. The summed E-state index contributed by atoms with van der Waals surface area (Å²) in [5.41, 5.74) is 5.46. The van der Waals surface area contributed by atoms with Crippen LogP contribution in [0.5, 0.6) is 0 Å². The predicted octanol–water partition coefficient (Wildman–Crippen LogP) is 1.28. The van der Waals surface area contributed by atoms with Gasteiger partial charge >= 0.3 is 5.97 Å². The molecule has 0 radical (unpaired) electrons. The molecular weight excluding hydrogens is 315 g/mol. The van der Waals surface area contributed by atoms with Crippen molar-refractivity contribution in [2.45, 2.75) is 6.04 Å². The topological polar surface area (TPSA) is 106 Å². The van der Waals surface area contributed by atoms with E-state index in [-0.39, 0.29) is 11.3 Å². The number of halogens is 1. The molecular formula is C8H7IN2O4. The first-order valence-electron chi connectivity index (χ1n) is 3.85. The molecule has 0 aromatic heterocycles.